The minimum absolute atomic E-state index is 0.243. The molecule has 0 aliphatic rings. The molecule has 0 bridgehead atoms. The Morgan fingerprint density at radius 3 is 2.88 bits per heavy atom. The largest absolute Gasteiger partial charge is 0.453 e. The second-order valence-corrected chi connectivity index (χ2v) is 4.46. The van der Waals surface area contributed by atoms with E-state index in [2.05, 4.69) is 10.1 Å². The summed E-state index contributed by atoms with van der Waals surface area (Å²) >= 11 is 1.65. The molecule has 1 unspecified atom stereocenters. The molecule has 0 aromatic carbocycles. The average molecular weight is 243 g/mol. The number of hydrogen-bond donors (Lipinski definition) is 2. The number of carbonyl (C=O) groups excluding carboxylic acids is 2. The van der Waals surface area contributed by atoms with Crippen LogP contribution in [0.1, 0.15) is 4.88 Å². The number of alkyl carbamates (subject to hydrolysis) is 1. The van der Waals surface area contributed by atoms with Gasteiger partial charge in [0.25, 0.3) is 5.91 Å². The van der Waals surface area contributed by atoms with E-state index in [1.54, 1.807) is 11.3 Å². The maximum absolute atomic E-state index is 11.3. The minimum Gasteiger partial charge on any atom is -0.453 e. The molecule has 6 heteroatoms. The number of methoxy groups -OCH3 is 1. The Bertz CT molecular complexity index is 351. The van der Waals surface area contributed by atoms with Gasteiger partial charge in [-0.2, -0.15) is 0 Å². The van der Waals surface area contributed by atoms with Gasteiger partial charge >= 0.3 is 6.09 Å². The highest BCUT2D eigenvalue weighted by Gasteiger charge is 2.13. The number of nitrogens with one attached hydrogen (secondary N) is 2. The van der Waals surface area contributed by atoms with Gasteiger partial charge in [0.1, 0.15) is 6.54 Å². The van der Waals surface area contributed by atoms with E-state index in [0.717, 1.165) is 11.4 Å². The van der Waals surface area contributed by atoms with Crippen molar-refractivity contribution in [1.29, 1.82) is 0 Å². The van der Waals surface area contributed by atoms with Crippen LogP contribution in [0.3, 0.4) is 0 Å². The summed E-state index contributed by atoms with van der Waals surface area (Å²) in [5.41, 5.74) is 0. The summed E-state index contributed by atoms with van der Waals surface area (Å²) in [6.45, 7) is 1.01. The maximum Gasteiger partial charge on any atom is 0.413 e. The number of quaternary nitrogens is 1. The van der Waals surface area contributed by atoms with Gasteiger partial charge in [-0.25, -0.2) is 4.79 Å². The molecule has 88 valence electrons. The summed E-state index contributed by atoms with van der Waals surface area (Å²) < 4.78 is 4.33. The summed E-state index contributed by atoms with van der Waals surface area (Å²) in [6.07, 6.45) is -0.714. The lowest BCUT2D eigenvalue weighted by Crippen LogP contribution is -3.08. The molecule has 2 N–H and O–H groups in total. The maximum atomic E-state index is 11.3. The first kappa shape index (κ1) is 12.7. The van der Waals surface area contributed by atoms with Gasteiger partial charge in [0.2, 0.25) is 0 Å². The van der Waals surface area contributed by atoms with Crippen LogP contribution in [0.15, 0.2) is 17.5 Å². The van der Waals surface area contributed by atoms with Crippen LogP contribution in [-0.4, -0.2) is 32.7 Å². The molecule has 0 spiro atoms. The molecule has 0 aliphatic carbocycles. The topological polar surface area (TPSA) is 59.8 Å². The number of likely N-dealkylation sites (N-methyl/N-ethyl adjacent to an activating group) is 1. The number of hydrogen-bond acceptors (Lipinski definition) is 4. The van der Waals surface area contributed by atoms with Crippen LogP contribution in [-0.2, 0) is 16.1 Å². The van der Waals surface area contributed by atoms with E-state index < -0.39 is 6.09 Å². The lowest BCUT2D eigenvalue weighted by Gasteiger charge is -2.11. The molecule has 0 saturated carbocycles. The van der Waals surface area contributed by atoms with Crippen LogP contribution in [0, 0.1) is 0 Å². The zero-order valence-electron chi connectivity index (χ0n) is 9.28. The molecule has 0 radical (unpaired) electrons. The molecule has 5 nitrogen and oxygen atoms in total. The van der Waals surface area contributed by atoms with Gasteiger partial charge in [0.15, 0.2) is 6.54 Å². The Labute approximate surface area is 98.0 Å². The van der Waals surface area contributed by atoms with Crippen LogP contribution < -0.4 is 10.2 Å². The van der Waals surface area contributed by atoms with Crippen LogP contribution in [0.2, 0.25) is 0 Å². The number of rotatable bonds is 4. The fourth-order valence-corrected chi connectivity index (χ4v) is 2.08. The molecule has 0 saturated heterocycles. The molecular formula is C10H15N2O3S+. The van der Waals surface area contributed by atoms with E-state index >= 15 is 0 Å². The highest BCUT2D eigenvalue weighted by Crippen LogP contribution is 2.05. The van der Waals surface area contributed by atoms with Crippen LogP contribution >= 0.6 is 11.3 Å². The lowest BCUT2D eigenvalue weighted by atomic mass is 10.4. The third-order valence-electron chi connectivity index (χ3n) is 1.95. The average Bonchev–Trinajstić information content (AvgIpc) is 2.69. The summed E-state index contributed by atoms with van der Waals surface area (Å²) in [5.74, 6) is -0.332. The molecular weight excluding hydrogens is 228 g/mol. The predicted molar refractivity (Wildman–Crippen MR) is 60.3 cm³/mol. The second-order valence-electron chi connectivity index (χ2n) is 3.43. The zero-order chi connectivity index (χ0) is 12.0. The predicted octanol–water partition coefficient (Wildman–Crippen LogP) is -0.355. The third-order valence-corrected chi connectivity index (χ3v) is 2.82. The summed E-state index contributed by atoms with van der Waals surface area (Å²) in [6, 6.07) is 3.99. The Morgan fingerprint density at radius 1 is 1.56 bits per heavy atom. The minimum atomic E-state index is -0.714. The highest BCUT2D eigenvalue weighted by atomic mass is 32.1. The van der Waals surface area contributed by atoms with Crippen molar-refractivity contribution in [1.82, 2.24) is 5.32 Å². The number of imide groups is 1. The Balaban J connectivity index is 2.31. The summed E-state index contributed by atoms with van der Waals surface area (Å²) in [5, 5.41) is 4.12. The monoisotopic (exact) mass is 243 g/mol. The van der Waals surface area contributed by atoms with Crippen LogP contribution in [0.5, 0.6) is 0 Å². The Hall–Kier alpha value is -1.40. The quantitative estimate of drug-likeness (QED) is 0.759. The third kappa shape index (κ3) is 4.41. The van der Waals surface area contributed by atoms with Crippen molar-refractivity contribution < 1.29 is 19.2 Å². The van der Waals surface area contributed by atoms with E-state index in [9.17, 15) is 9.59 Å². The zero-order valence-corrected chi connectivity index (χ0v) is 10.1. The number of carbonyl (C=O) groups is 2. The van der Waals surface area contributed by atoms with E-state index in [-0.39, 0.29) is 12.5 Å². The van der Waals surface area contributed by atoms with Crippen molar-refractivity contribution in [2.75, 3.05) is 20.7 Å². The summed E-state index contributed by atoms with van der Waals surface area (Å²) in [7, 11) is 3.13. The van der Waals surface area contributed by atoms with Crippen molar-refractivity contribution in [3.8, 4) is 0 Å². The normalized spacial score (nSPS) is 11.9. The van der Waals surface area contributed by atoms with Gasteiger partial charge in [0, 0.05) is 0 Å². The first-order valence-electron chi connectivity index (χ1n) is 4.83. The lowest BCUT2D eigenvalue weighted by molar-refractivity contribution is -0.885. The molecule has 1 heterocycles. The number of ether oxygens (including phenoxy) is 1. The summed E-state index contributed by atoms with van der Waals surface area (Å²) in [4.78, 5) is 24.3. The van der Waals surface area contributed by atoms with Gasteiger partial charge in [0.05, 0.1) is 19.0 Å². The molecule has 0 fully saturated rings. The molecule has 1 atom stereocenters. The second kappa shape index (κ2) is 6.24. The van der Waals surface area contributed by atoms with Gasteiger partial charge < -0.3 is 9.64 Å². The van der Waals surface area contributed by atoms with Crippen molar-refractivity contribution in [3.05, 3.63) is 22.4 Å². The molecule has 2 amide bonds. The Kier molecular flexibility index (Phi) is 4.94. The van der Waals surface area contributed by atoms with Crippen molar-refractivity contribution >= 4 is 23.3 Å². The van der Waals surface area contributed by atoms with Gasteiger partial charge in [-0.05, 0) is 11.4 Å². The number of thiophene rings is 1. The van der Waals surface area contributed by atoms with Gasteiger partial charge in [-0.3, -0.25) is 10.1 Å². The highest BCUT2D eigenvalue weighted by molar-refractivity contribution is 7.09. The van der Waals surface area contributed by atoms with Crippen molar-refractivity contribution in [3.63, 3.8) is 0 Å². The van der Waals surface area contributed by atoms with Crippen LogP contribution in [0.25, 0.3) is 0 Å². The van der Waals surface area contributed by atoms with E-state index in [4.69, 9.17) is 0 Å². The smallest absolute Gasteiger partial charge is 0.413 e. The van der Waals surface area contributed by atoms with Gasteiger partial charge in [-0.1, -0.05) is 6.07 Å². The Morgan fingerprint density at radius 2 is 2.31 bits per heavy atom. The van der Waals surface area contributed by atoms with E-state index in [1.807, 2.05) is 24.6 Å². The fraction of sp³-hybridized carbons (Fsp3) is 0.400. The fourth-order valence-electron chi connectivity index (χ4n) is 1.26. The van der Waals surface area contributed by atoms with E-state index in [1.165, 1.54) is 12.0 Å². The first-order chi connectivity index (χ1) is 7.61. The number of amides is 2. The SMILES string of the molecule is COC(=O)NC(=O)C[NH+](C)Cc1cccs1. The van der Waals surface area contributed by atoms with E-state index in [0.29, 0.717) is 0 Å². The van der Waals surface area contributed by atoms with Gasteiger partial charge in [-0.15, -0.1) is 11.3 Å². The van der Waals surface area contributed by atoms with Crippen LogP contribution in [0.4, 0.5) is 4.79 Å². The molecule has 16 heavy (non-hydrogen) atoms. The molecule has 1 aromatic heterocycles. The molecule has 1 aromatic rings. The van der Waals surface area contributed by atoms with Crippen molar-refractivity contribution in [2.45, 2.75) is 6.54 Å². The molecule has 0 aliphatic heterocycles. The standard InChI is InChI=1S/C10H14N2O3S/c1-12(6-8-4-3-5-16-8)7-9(13)11-10(14)15-2/h3-5H,6-7H2,1-2H3,(H,11,13,14)/p+1. The van der Waals surface area contributed by atoms with Crippen molar-refractivity contribution in [2.24, 2.45) is 0 Å². The molecule has 1 rings (SSSR count). The first-order valence-corrected chi connectivity index (χ1v) is 5.71.